The van der Waals surface area contributed by atoms with Gasteiger partial charge in [-0.15, -0.1) is 0 Å². The SMILES string of the molecule is CCN(NC(=O)Nc1cc(C(=O)N2CCC(c3ccc(C#N)cc3)CC2)ccc1C)C(=O)C(=O)O. The molecule has 0 unspecified atom stereocenters. The Kier molecular flexibility index (Phi) is 8.04. The van der Waals surface area contributed by atoms with E-state index < -0.39 is 17.9 Å². The van der Waals surface area contributed by atoms with Crippen LogP contribution in [0.15, 0.2) is 42.5 Å². The monoisotopic (exact) mass is 477 g/mol. The van der Waals surface area contributed by atoms with Crippen LogP contribution < -0.4 is 10.7 Å². The predicted molar refractivity (Wildman–Crippen MR) is 127 cm³/mol. The number of hydrogen-bond donors (Lipinski definition) is 3. The molecule has 2 aromatic carbocycles. The zero-order valence-electron chi connectivity index (χ0n) is 19.6. The molecular formula is C25H27N5O5. The van der Waals surface area contributed by atoms with Crippen LogP contribution in [0.25, 0.3) is 0 Å². The van der Waals surface area contributed by atoms with Crippen molar-refractivity contribution in [1.29, 1.82) is 5.26 Å². The molecule has 182 valence electrons. The number of urea groups is 1. The second-order valence-corrected chi connectivity index (χ2v) is 8.25. The first-order valence-electron chi connectivity index (χ1n) is 11.3. The molecule has 1 fully saturated rings. The molecule has 35 heavy (non-hydrogen) atoms. The topological polar surface area (TPSA) is 143 Å². The van der Waals surface area contributed by atoms with Crippen molar-refractivity contribution in [3.05, 3.63) is 64.7 Å². The predicted octanol–water partition coefficient (Wildman–Crippen LogP) is 2.86. The Morgan fingerprint density at radius 2 is 1.77 bits per heavy atom. The number of nitriles is 1. The minimum atomic E-state index is -1.68. The molecule has 0 spiro atoms. The van der Waals surface area contributed by atoms with E-state index in [9.17, 15) is 19.2 Å². The molecular weight excluding hydrogens is 450 g/mol. The number of amides is 4. The summed E-state index contributed by atoms with van der Waals surface area (Å²) in [6.07, 6.45) is 1.61. The number of rotatable bonds is 4. The van der Waals surface area contributed by atoms with E-state index in [1.165, 1.54) is 6.92 Å². The van der Waals surface area contributed by atoms with Gasteiger partial charge in [0.25, 0.3) is 5.91 Å². The highest BCUT2D eigenvalue weighted by Gasteiger charge is 2.25. The third kappa shape index (κ3) is 6.14. The average molecular weight is 478 g/mol. The maximum Gasteiger partial charge on any atom is 0.396 e. The van der Waals surface area contributed by atoms with Crippen molar-refractivity contribution in [3.8, 4) is 6.07 Å². The van der Waals surface area contributed by atoms with E-state index in [4.69, 9.17) is 10.4 Å². The number of benzene rings is 2. The normalized spacial score (nSPS) is 13.5. The highest BCUT2D eigenvalue weighted by Crippen LogP contribution is 2.29. The highest BCUT2D eigenvalue weighted by molar-refractivity contribution is 6.31. The van der Waals surface area contributed by atoms with Crippen molar-refractivity contribution >= 4 is 29.5 Å². The van der Waals surface area contributed by atoms with Crippen LogP contribution in [0.1, 0.15) is 52.7 Å². The molecule has 0 aliphatic carbocycles. The van der Waals surface area contributed by atoms with Crippen LogP contribution in [0.3, 0.4) is 0 Å². The maximum atomic E-state index is 13.1. The lowest BCUT2D eigenvalue weighted by Gasteiger charge is -2.32. The van der Waals surface area contributed by atoms with Gasteiger partial charge in [0.2, 0.25) is 0 Å². The minimum absolute atomic E-state index is 0.0333. The summed E-state index contributed by atoms with van der Waals surface area (Å²) < 4.78 is 0. The van der Waals surface area contributed by atoms with Crippen LogP contribution in [-0.4, -0.2) is 58.5 Å². The molecule has 2 aromatic rings. The molecule has 0 saturated carbocycles. The van der Waals surface area contributed by atoms with E-state index >= 15 is 0 Å². The van der Waals surface area contributed by atoms with Gasteiger partial charge in [0.05, 0.1) is 11.6 Å². The van der Waals surface area contributed by atoms with Gasteiger partial charge in [-0.2, -0.15) is 5.26 Å². The summed E-state index contributed by atoms with van der Waals surface area (Å²) >= 11 is 0. The molecule has 1 heterocycles. The number of carbonyl (C=O) groups excluding carboxylic acids is 3. The zero-order chi connectivity index (χ0) is 25.5. The molecule has 3 rings (SSSR count). The summed E-state index contributed by atoms with van der Waals surface area (Å²) in [5.41, 5.74) is 5.47. The third-order valence-corrected chi connectivity index (χ3v) is 6.01. The Morgan fingerprint density at radius 3 is 2.34 bits per heavy atom. The molecule has 4 amide bonds. The standard InChI is InChI=1S/C25H27N5O5/c1-3-30(23(32)24(33)34)28-25(35)27-21-14-20(7-4-16(21)2)22(31)29-12-10-19(11-13-29)18-8-5-17(15-26)6-9-18/h4-9,14,19H,3,10-13H2,1-2H3,(H,33,34)(H2,27,28,35). The first kappa shape index (κ1) is 25.2. The van der Waals surface area contributed by atoms with E-state index in [0.717, 1.165) is 18.4 Å². The van der Waals surface area contributed by atoms with Crippen molar-refractivity contribution in [2.45, 2.75) is 32.6 Å². The number of nitrogens with zero attached hydrogens (tertiary/aromatic N) is 3. The fourth-order valence-corrected chi connectivity index (χ4v) is 3.98. The summed E-state index contributed by atoms with van der Waals surface area (Å²) in [5, 5.41) is 21.1. The number of hydrogen-bond acceptors (Lipinski definition) is 5. The van der Waals surface area contributed by atoms with Gasteiger partial charge in [-0.3, -0.25) is 9.59 Å². The molecule has 0 radical (unpaired) electrons. The van der Waals surface area contributed by atoms with Crippen LogP contribution in [0.5, 0.6) is 0 Å². The molecule has 3 N–H and O–H groups in total. The molecule has 0 bridgehead atoms. The number of aliphatic carboxylic acids is 1. The molecule has 10 heteroatoms. The lowest BCUT2D eigenvalue weighted by molar-refractivity contribution is -0.156. The molecule has 0 aromatic heterocycles. The number of piperidine rings is 1. The second-order valence-electron chi connectivity index (χ2n) is 8.25. The van der Waals surface area contributed by atoms with Crippen LogP contribution in [0.2, 0.25) is 0 Å². The first-order chi connectivity index (χ1) is 16.7. The zero-order valence-corrected chi connectivity index (χ0v) is 19.6. The van der Waals surface area contributed by atoms with E-state index in [-0.39, 0.29) is 12.5 Å². The van der Waals surface area contributed by atoms with Crippen molar-refractivity contribution < 1.29 is 24.3 Å². The van der Waals surface area contributed by atoms with Crippen molar-refractivity contribution in [3.63, 3.8) is 0 Å². The number of carboxylic acids is 1. The Balaban J connectivity index is 1.63. The van der Waals surface area contributed by atoms with Crippen LogP contribution in [0.4, 0.5) is 10.5 Å². The lowest BCUT2D eigenvalue weighted by Crippen LogP contribution is -2.50. The van der Waals surface area contributed by atoms with Gasteiger partial charge >= 0.3 is 17.9 Å². The van der Waals surface area contributed by atoms with Crippen LogP contribution in [-0.2, 0) is 9.59 Å². The summed E-state index contributed by atoms with van der Waals surface area (Å²) in [4.78, 5) is 49.7. The fraction of sp³-hybridized carbons (Fsp3) is 0.320. The van der Waals surface area contributed by atoms with E-state index in [2.05, 4.69) is 16.8 Å². The lowest BCUT2D eigenvalue weighted by atomic mass is 9.89. The van der Waals surface area contributed by atoms with Gasteiger partial charge in [-0.1, -0.05) is 18.2 Å². The van der Waals surface area contributed by atoms with E-state index in [0.29, 0.717) is 46.4 Å². The number of carbonyl (C=O) groups is 4. The van der Waals surface area contributed by atoms with Crippen LogP contribution >= 0.6 is 0 Å². The number of anilines is 1. The van der Waals surface area contributed by atoms with Crippen molar-refractivity contribution in [1.82, 2.24) is 15.3 Å². The molecule has 1 aliphatic rings. The van der Waals surface area contributed by atoms with E-state index in [1.54, 1.807) is 42.2 Å². The maximum absolute atomic E-state index is 13.1. The van der Waals surface area contributed by atoms with Gasteiger partial charge in [0, 0.05) is 30.9 Å². The summed E-state index contributed by atoms with van der Waals surface area (Å²) in [6.45, 7) is 4.42. The molecule has 0 atom stereocenters. The van der Waals surface area contributed by atoms with Gasteiger partial charge in [-0.25, -0.2) is 20.0 Å². The van der Waals surface area contributed by atoms with Crippen LogP contribution in [0, 0.1) is 18.3 Å². The number of nitrogens with one attached hydrogen (secondary N) is 2. The number of likely N-dealkylation sites (tertiary alicyclic amines) is 1. The number of carboxylic acid groups (broad SMARTS) is 1. The molecule has 1 saturated heterocycles. The summed E-state index contributed by atoms with van der Waals surface area (Å²) in [7, 11) is 0. The number of hydrazine groups is 1. The van der Waals surface area contributed by atoms with Gasteiger partial charge in [0.15, 0.2) is 0 Å². The molecule has 1 aliphatic heterocycles. The number of aryl methyl sites for hydroxylation is 1. The van der Waals surface area contributed by atoms with E-state index in [1.807, 2.05) is 12.1 Å². The van der Waals surface area contributed by atoms with Gasteiger partial charge < -0.3 is 15.3 Å². The second kappa shape index (κ2) is 11.2. The third-order valence-electron chi connectivity index (χ3n) is 6.01. The Morgan fingerprint density at radius 1 is 1.11 bits per heavy atom. The Bertz CT molecular complexity index is 1160. The number of likely N-dealkylation sites (N-methyl/N-ethyl adjacent to an activating group) is 1. The van der Waals surface area contributed by atoms with Crippen molar-refractivity contribution in [2.75, 3.05) is 25.0 Å². The quantitative estimate of drug-likeness (QED) is 0.456. The highest BCUT2D eigenvalue weighted by atomic mass is 16.4. The van der Waals surface area contributed by atoms with Gasteiger partial charge in [-0.05, 0) is 68.0 Å². The fourth-order valence-electron chi connectivity index (χ4n) is 3.98. The first-order valence-corrected chi connectivity index (χ1v) is 11.3. The summed E-state index contributed by atoms with van der Waals surface area (Å²) in [6, 6.07) is 13.8. The molecule has 10 nitrogen and oxygen atoms in total. The largest absolute Gasteiger partial charge is 0.474 e. The Labute approximate surface area is 203 Å². The van der Waals surface area contributed by atoms with Gasteiger partial charge in [0.1, 0.15) is 0 Å². The summed E-state index contributed by atoms with van der Waals surface area (Å²) in [5.74, 6) is -2.77. The average Bonchev–Trinajstić information content (AvgIpc) is 2.87. The minimum Gasteiger partial charge on any atom is -0.474 e. The smallest absolute Gasteiger partial charge is 0.396 e. The Hall–Kier alpha value is -4.39. The van der Waals surface area contributed by atoms with Crippen molar-refractivity contribution in [2.24, 2.45) is 0 Å².